The molecule has 14 heavy (non-hydrogen) atoms. The summed E-state index contributed by atoms with van der Waals surface area (Å²) in [6.45, 7) is 2.03. The molecule has 1 heterocycles. The maximum Gasteiger partial charge on any atom is 0.226 e. The molecule has 0 fully saturated rings. The smallest absolute Gasteiger partial charge is 0.226 e. The van der Waals surface area contributed by atoms with Crippen LogP contribution in [0.25, 0.3) is 11.5 Å². The first-order valence-corrected chi connectivity index (χ1v) is 4.53. The van der Waals surface area contributed by atoms with Gasteiger partial charge in [0.25, 0.3) is 0 Å². The van der Waals surface area contributed by atoms with Crippen molar-refractivity contribution in [3.05, 3.63) is 36.2 Å². The fourth-order valence-electron chi connectivity index (χ4n) is 1.21. The minimum absolute atomic E-state index is 0.246. The Bertz CT molecular complexity index is 417. The zero-order valence-corrected chi connectivity index (χ0v) is 7.90. The highest BCUT2D eigenvalue weighted by Gasteiger charge is 2.04. The molecule has 1 N–H and O–H groups in total. The minimum Gasteiger partial charge on any atom is -0.508 e. The molecule has 0 amide bonds. The second-order valence-corrected chi connectivity index (χ2v) is 3.04. The van der Waals surface area contributed by atoms with Gasteiger partial charge in [-0.1, -0.05) is 6.92 Å². The molecule has 1 aromatic carbocycles. The number of aromatic nitrogens is 1. The van der Waals surface area contributed by atoms with Crippen LogP contribution in [0.5, 0.6) is 5.75 Å². The van der Waals surface area contributed by atoms with Gasteiger partial charge in [0, 0.05) is 5.56 Å². The zero-order chi connectivity index (χ0) is 9.97. The van der Waals surface area contributed by atoms with Crippen LogP contribution in [0.4, 0.5) is 0 Å². The molecule has 0 aliphatic rings. The van der Waals surface area contributed by atoms with Gasteiger partial charge >= 0.3 is 0 Å². The molecule has 72 valence electrons. The molecule has 0 atom stereocenters. The summed E-state index contributed by atoms with van der Waals surface area (Å²) in [5.41, 5.74) is 1.82. The van der Waals surface area contributed by atoms with Crippen molar-refractivity contribution in [2.75, 3.05) is 0 Å². The summed E-state index contributed by atoms with van der Waals surface area (Å²) < 4.78 is 5.29. The topological polar surface area (TPSA) is 46.3 Å². The average Bonchev–Trinajstić information content (AvgIpc) is 2.67. The summed E-state index contributed by atoms with van der Waals surface area (Å²) in [6.07, 6.45) is 2.52. The number of oxazole rings is 1. The van der Waals surface area contributed by atoms with Crippen LogP contribution >= 0.6 is 0 Å². The van der Waals surface area contributed by atoms with E-state index in [4.69, 9.17) is 9.52 Å². The Hall–Kier alpha value is -1.77. The second kappa shape index (κ2) is 3.54. The van der Waals surface area contributed by atoms with Crippen LogP contribution < -0.4 is 0 Å². The number of benzene rings is 1. The highest BCUT2D eigenvalue weighted by Crippen LogP contribution is 2.21. The van der Waals surface area contributed by atoms with E-state index < -0.39 is 0 Å². The Morgan fingerprint density at radius 3 is 2.57 bits per heavy atom. The lowest BCUT2D eigenvalue weighted by Crippen LogP contribution is -1.80. The van der Waals surface area contributed by atoms with Crippen LogP contribution in [-0.4, -0.2) is 10.1 Å². The maximum atomic E-state index is 9.10. The number of aromatic hydroxyl groups is 1. The number of hydrogen-bond acceptors (Lipinski definition) is 3. The molecule has 0 aliphatic carbocycles. The van der Waals surface area contributed by atoms with E-state index in [2.05, 4.69) is 4.98 Å². The predicted octanol–water partition coefficient (Wildman–Crippen LogP) is 2.61. The van der Waals surface area contributed by atoms with Gasteiger partial charge < -0.3 is 9.52 Å². The van der Waals surface area contributed by atoms with Crippen molar-refractivity contribution in [1.29, 1.82) is 0 Å². The van der Waals surface area contributed by atoms with E-state index in [1.54, 1.807) is 30.5 Å². The van der Waals surface area contributed by atoms with E-state index in [0.717, 1.165) is 17.7 Å². The third-order valence-electron chi connectivity index (χ3n) is 2.03. The number of aryl methyl sites for hydroxylation is 1. The summed E-state index contributed by atoms with van der Waals surface area (Å²) in [6, 6.07) is 6.79. The molecule has 0 unspecified atom stereocenters. The van der Waals surface area contributed by atoms with Crippen molar-refractivity contribution >= 4 is 0 Å². The second-order valence-electron chi connectivity index (χ2n) is 3.04. The molecule has 0 spiro atoms. The summed E-state index contributed by atoms with van der Waals surface area (Å²) in [5.74, 6) is 0.845. The van der Waals surface area contributed by atoms with Crippen LogP contribution in [0.15, 0.2) is 34.9 Å². The molecule has 0 aliphatic heterocycles. The average molecular weight is 189 g/mol. The Morgan fingerprint density at radius 1 is 1.29 bits per heavy atom. The Morgan fingerprint density at radius 2 is 2.00 bits per heavy atom. The summed E-state index contributed by atoms with van der Waals surface area (Å²) >= 11 is 0. The molecule has 2 rings (SSSR count). The predicted molar refractivity (Wildman–Crippen MR) is 53.0 cm³/mol. The lowest BCUT2D eigenvalue weighted by atomic mass is 10.2. The van der Waals surface area contributed by atoms with E-state index in [1.807, 2.05) is 6.92 Å². The molecule has 1 aromatic heterocycles. The van der Waals surface area contributed by atoms with Crippen molar-refractivity contribution in [1.82, 2.24) is 4.98 Å². The van der Waals surface area contributed by atoms with Crippen molar-refractivity contribution in [2.45, 2.75) is 13.3 Å². The third-order valence-corrected chi connectivity index (χ3v) is 2.03. The SMILES string of the molecule is CCc1coc(-c2ccc(O)cc2)n1. The first-order chi connectivity index (χ1) is 6.79. The van der Waals surface area contributed by atoms with Crippen LogP contribution in [0.3, 0.4) is 0 Å². The Balaban J connectivity index is 2.34. The molecule has 2 aromatic rings. The standard InChI is InChI=1S/C11H11NO2/c1-2-9-7-14-11(12-9)8-3-5-10(13)6-4-8/h3-7,13H,2H2,1H3. The number of rotatable bonds is 2. The van der Waals surface area contributed by atoms with Crippen molar-refractivity contribution in [2.24, 2.45) is 0 Å². The molecule has 3 heteroatoms. The largest absolute Gasteiger partial charge is 0.508 e. The molecule has 0 radical (unpaired) electrons. The van der Waals surface area contributed by atoms with Gasteiger partial charge in [-0.05, 0) is 30.7 Å². The van der Waals surface area contributed by atoms with Crippen LogP contribution in [0, 0.1) is 0 Å². The van der Waals surface area contributed by atoms with Gasteiger partial charge in [0.15, 0.2) is 0 Å². The highest BCUT2D eigenvalue weighted by molar-refractivity contribution is 5.54. The van der Waals surface area contributed by atoms with Gasteiger partial charge in [0.2, 0.25) is 5.89 Å². The number of phenols is 1. The number of phenolic OH excluding ortho intramolecular Hbond substituents is 1. The quantitative estimate of drug-likeness (QED) is 0.789. The minimum atomic E-state index is 0.246. The Labute approximate surface area is 82.0 Å². The molecule has 3 nitrogen and oxygen atoms in total. The zero-order valence-electron chi connectivity index (χ0n) is 7.90. The molecule has 0 saturated heterocycles. The van der Waals surface area contributed by atoms with Crippen LogP contribution in [0.1, 0.15) is 12.6 Å². The van der Waals surface area contributed by atoms with Crippen LogP contribution in [0.2, 0.25) is 0 Å². The monoisotopic (exact) mass is 189 g/mol. The van der Waals surface area contributed by atoms with Gasteiger partial charge in [0.1, 0.15) is 12.0 Å². The van der Waals surface area contributed by atoms with Crippen molar-refractivity contribution < 1.29 is 9.52 Å². The Kier molecular flexibility index (Phi) is 2.23. The van der Waals surface area contributed by atoms with Gasteiger partial charge in [-0.3, -0.25) is 0 Å². The van der Waals surface area contributed by atoms with Gasteiger partial charge in [-0.2, -0.15) is 0 Å². The van der Waals surface area contributed by atoms with E-state index in [0.29, 0.717) is 5.89 Å². The summed E-state index contributed by atoms with van der Waals surface area (Å²) in [4.78, 5) is 4.28. The molecule has 0 bridgehead atoms. The molecular weight excluding hydrogens is 178 g/mol. The molecular formula is C11H11NO2. The number of hydrogen-bond donors (Lipinski definition) is 1. The van der Waals surface area contributed by atoms with Crippen LogP contribution in [-0.2, 0) is 6.42 Å². The third kappa shape index (κ3) is 1.62. The normalized spacial score (nSPS) is 10.4. The van der Waals surface area contributed by atoms with E-state index >= 15 is 0 Å². The van der Waals surface area contributed by atoms with Gasteiger partial charge in [-0.25, -0.2) is 4.98 Å². The van der Waals surface area contributed by atoms with E-state index in [-0.39, 0.29) is 5.75 Å². The first kappa shape index (κ1) is 8.81. The van der Waals surface area contributed by atoms with E-state index in [9.17, 15) is 0 Å². The fraction of sp³-hybridized carbons (Fsp3) is 0.182. The lowest BCUT2D eigenvalue weighted by molar-refractivity contribution is 0.475. The maximum absolute atomic E-state index is 9.10. The van der Waals surface area contributed by atoms with E-state index in [1.165, 1.54) is 0 Å². The van der Waals surface area contributed by atoms with Crippen molar-refractivity contribution in [3.8, 4) is 17.2 Å². The fourth-order valence-corrected chi connectivity index (χ4v) is 1.21. The van der Waals surface area contributed by atoms with Crippen molar-refractivity contribution in [3.63, 3.8) is 0 Å². The summed E-state index contributed by atoms with van der Waals surface area (Å²) in [5, 5.41) is 9.10. The first-order valence-electron chi connectivity index (χ1n) is 4.53. The summed E-state index contributed by atoms with van der Waals surface area (Å²) in [7, 11) is 0. The molecule has 0 saturated carbocycles. The number of nitrogens with zero attached hydrogens (tertiary/aromatic N) is 1. The van der Waals surface area contributed by atoms with Gasteiger partial charge in [-0.15, -0.1) is 0 Å². The highest BCUT2D eigenvalue weighted by atomic mass is 16.3. The lowest BCUT2D eigenvalue weighted by Gasteiger charge is -1.94. The van der Waals surface area contributed by atoms with Gasteiger partial charge in [0.05, 0.1) is 5.69 Å².